The summed E-state index contributed by atoms with van der Waals surface area (Å²) >= 11 is 0. The van der Waals surface area contributed by atoms with Crippen LogP contribution in [0, 0.1) is 17.7 Å². The van der Waals surface area contributed by atoms with Crippen LogP contribution < -0.4 is 4.74 Å². The molecule has 4 nitrogen and oxygen atoms in total. The van der Waals surface area contributed by atoms with Gasteiger partial charge in [0.1, 0.15) is 0 Å². The Morgan fingerprint density at radius 1 is 1.17 bits per heavy atom. The van der Waals surface area contributed by atoms with Crippen LogP contribution >= 0.6 is 0 Å². The molecule has 0 spiro atoms. The van der Waals surface area contributed by atoms with Crippen LogP contribution in [-0.2, 0) is 4.79 Å². The lowest BCUT2D eigenvalue weighted by atomic mass is 10.0. The first-order chi connectivity index (χ1) is 11.6. The fourth-order valence-corrected chi connectivity index (χ4v) is 4.47. The Hall–Kier alpha value is -1.62. The number of para-hydroxylation sites is 1. The average Bonchev–Trinajstić information content (AvgIpc) is 3.09. The van der Waals surface area contributed by atoms with Gasteiger partial charge in [0.2, 0.25) is 0 Å². The van der Waals surface area contributed by atoms with Gasteiger partial charge in [0.05, 0.1) is 0 Å². The third kappa shape index (κ3) is 2.90. The Bertz CT molecular complexity index is 605. The molecule has 2 heterocycles. The molecule has 3 fully saturated rings. The van der Waals surface area contributed by atoms with Crippen molar-refractivity contribution >= 4 is 5.91 Å². The molecule has 130 valence electrons. The lowest BCUT2D eigenvalue weighted by Crippen LogP contribution is -2.62. The van der Waals surface area contributed by atoms with Gasteiger partial charge in [-0.25, -0.2) is 4.39 Å². The minimum Gasteiger partial charge on any atom is -0.478 e. The quantitative estimate of drug-likeness (QED) is 0.849. The van der Waals surface area contributed by atoms with E-state index in [1.165, 1.54) is 38.4 Å². The van der Waals surface area contributed by atoms with Crippen LogP contribution in [0.4, 0.5) is 4.39 Å². The van der Waals surface area contributed by atoms with Crippen LogP contribution in [0.1, 0.15) is 26.2 Å². The molecule has 0 aromatic heterocycles. The SMILES string of the molecule is CC(Oc1ccccc1F)C(=O)N1CC(N2CC3CCCC3C2)C1. The Balaban J connectivity index is 1.27. The van der Waals surface area contributed by atoms with E-state index in [4.69, 9.17) is 4.74 Å². The van der Waals surface area contributed by atoms with Gasteiger partial charge >= 0.3 is 0 Å². The number of hydrogen-bond donors (Lipinski definition) is 0. The van der Waals surface area contributed by atoms with E-state index in [1.807, 2.05) is 4.90 Å². The van der Waals surface area contributed by atoms with Crippen LogP contribution in [0.2, 0.25) is 0 Å². The minimum absolute atomic E-state index is 0.0473. The highest BCUT2D eigenvalue weighted by molar-refractivity contribution is 5.81. The van der Waals surface area contributed by atoms with Crippen molar-refractivity contribution in [3.05, 3.63) is 30.1 Å². The van der Waals surface area contributed by atoms with Crippen molar-refractivity contribution in [2.45, 2.75) is 38.3 Å². The summed E-state index contributed by atoms with van der Waals surface area (Å²) < 4.78 is 19.1. The van der Waals surface area contributed by atoms with Crippen molar-refractivity contribution in [3.63, 3.8) is 0 Å². The van der Waals surface area contributed by atoms with E-state index < -0.39 is 11.9 Å². The second kappa shape index (κ2) is 6.36. The number of carbonyl (C=O) groups excluding carboxylic acids is 1. The van der Waals surface area contributed by atoms with Crippen molar-refractivity contribution < 1.29 is 13.9 Å². The van der Waals surface area contributed by atoms with Crippen molar-refractivity contribution in [1.82, 2.24) is 9.80 Å². The Morgan fingerprint density at radius 3 is 2.50 bits per heavy atom. The number of amides is 1. The third-order valence-corrected chi connectivity index (χ3v) is 5.93. The van der Waals surface area contributed by atoms with Gasteiger partial charge in [0.25, 0.3) is 5.91 Å². The molecule has 1 aromatic carbocycles. The molecule has 24 heavy (non-hydrogen) atoms. The van der Waals surface area contributed by atoms with Crippen molar-refractivity contribution in [3.8, 4) is 5.75 Å². The molecule has 4 rings (SSSR count). The molecule has 1 aromatic rings. The first kappa shape index (κ1) is 15.9. The summed E-state index contributed by atoms with van der Waals surface area (Å²) in [5.74, 6) is 1.44. The number of rotatable bonds is 4. The van der Waals surface area contributed by atoms with Gasteiger partial charge in [0, 0.05) is 32.2 Å². The lowest BCUT2D eigenvalue weighted by molar-refractivity contribution is -0.145. The normalized spacial score (nSPS) is 28.5. The Labute approximate surface area is 142 Å². The van der Waals surface area contributed by atoms with Gasteiger partial charge < -0.3 is 9.64 Å². The van der Waals surface area contributed by atoms with Gasteiger partial charge in [0.15, 0.2) is 17.7 Å². The van der Waals surface area contributed by atoms with Gasteiger partial charge in [-0.1, -0.05) is 18.6 Å². The van der Waals surface area contributed by atoms with Crippen LogP contribution in [-0.4, -0.2) is 54.0 Å². The lowest BCUT2D eigenvalue weighted by Gasteiger charge is -2.45. The number of likely N-dealkylation sites (tertiary alicyclic amines) is 2. The van der Waals surface area contributed by atoms with E-state index >= 15 is 0 Å². The third-order valence-electron chi connectivity index (χ3n) is 5.93. The molecule has 1 aliphatic carbocycles. The molecule has 1 saturated carbocycles. The Kier molecular flexibility index (Phi) is 4.21. The fourth-order valence-electron chi connectivity index (χ4n) is 4.47. The summed E-state index contributed by atoms with van der Waals surface area (Å²) in [7, 11) is 0. The number of carbonyl (C=O) groups is 1. The molecule has 3 aliphatic rings. The smallest absolute Gasteiger partial charge is 0.263 e. The second-order valence-electron chi connectivity index (χ2n) is 7.49. The number of ether oxygens (including phenoxy) is 1. The highest BCUT2D eigenvalue weighted by Gasteiger charge is 2.43. The minimum atomic E-state index is -0.652. The van der Waals surface area contributed by atoms with Crippen molar-refractivity contribution in [2.24, 2.45) is 11.8 Å². The summed E-state index contributed by atoms with van der Waals surface area (Å²) in [5.41, 5.74) is 0. The highest BCUT2D eigenvalue weighted by Crippen LogP contribution is 2.39. The molecule has 2 aliphatic heterocycles. The summed E-state index contributed by atoms with van der Waals surface area (Å²) in [5, 5.41) is 0. The van der Waals surface area contributed by atoms with Crippen LogP contribution in [0.5, 0.6) is 5.75 Å². The van der Waals surface area contributed by atoms with E-state index in [-0.39, 0.29) is 11.7 Å². The molecule has 2 saturated heterocycles. The zero-order valence-corrected chi connectivity index (χ0v) is 14.2. The average molecular weight is 332 g/mol. The maximum atomic E-state index is 13.6. The Morgan fingerprint density at radius 2 is 1.83 bits per heavy atom. The largest absolute Gasteiger partial charge is 0.478 e. The molecule has 0 N–H and O–H groups in total. The number of nitrogens with zero attached hydrogens (tertiary/aromatic N) is 2. The van der Waals surface area contributed by atoms with E-state index in [1.54, 1.807) is 25.1 Å². The highest BCUT2D eigenvalue weighted by atomic mass is 19.1. The summed E-state index contributed by atoms with van der Waals surface area (Å²) in [6.45, 7) is 5.67. The number of benzene rings is 1. The topological polar surface area (TPSA) is 32.8 Å². The number of fused-ring (bicyclic) bond motifs is 1. The van der Waals surface area contributed by atoms with E-state index in [2.05, 4.69) is 4.90 Å². The summed E-state index contributed by atoms with van der Waals surface area (Å²) in [6.07, 6.45) is 3.50. The maximum absolute atomic E-state index is 13.6. The monoisotopic (exact) mass is 332 g/mol. The fraction of sp³-hybridized carbons (Fsp3) is 0.632. The van der Waals surface area contributed by atoms with Gasteiger partial charge in [-0.05, 0) is 43.7 Å². The molecular weight excluding hydrogens is 307 g/mol. The summed E-state index contributed by atoms with van der Waals surface area (Å²) in [6, 6.07) is 6.72. The standard InChI is InChI=1S/C19H25FN2O2/c1-13(24-18-8-3-2-7-17(18)20)19(23)22-11-16(12-22)21-9-14-5-4-6-15(14)10-21/h2-3,7-8,13-16H,4-6,9-12H2,1H3. The number of hydrogen-bond acceptors (Lipinski definition) is 3. The predicted molar refractivity (Wildman–Crippen MR) is 89.3 cm³/mol. The maximum Gasteiger partial charge on any atom is 0.263 e. The zero-order valence-electron chi connectivity index (χ0n) is 14.2. The van der Waals surface area contributed by atoms with Gasteiger partial charge in [-0.15, -0.1) is 0 Å². The van der Waals surface area contributed by atoms with Crippen LogP contribution in [0.25, 0.3) is 0 Å². The molecular formula is C19H25FN2O2. The van der Waals surface area contributed by atoms with Crippen molar-refractivity contribution in [1.29, 1.82) is 0 Å². The van der Waals surface area contributed by atoms with E-state index in [9.17, 15) is 9.18 Å². The number of halogens is 1. The first-order valence-corrected chi connectivity index (χ1v) is 9.06. The van der Waals surface area contributed by atoms with Gasteiger partial charge in [-0.3, -0.25) is 9.69 Å². The van der Waals surface area contributed by atoms with Crippen molar-refractivity contribution in [2.75, 3.05) is 26.2 Å². The predicted octanol–water partition coefficient (Wildman–Crippen LogP) is 2.54. The van der Waals surface area contributed by atoms with E-state index in [0.29, 0.717) is 6.04 Å². The molecule has 0 radical (unpaired) electrons. The second-order valence-corrected chi connectivity index (χ2v) is 7.49. The van der Waals surface area contributed by atoms with E-state index in [0.717, 1.165) is 24.9 Å². The first-order valence-electron chi connectivity index (χ1n) is 9.06. The molecule has 0 bridgehead atoms. The molecule has 5 heteroatoms. The zero-order chi connectivity index (χ0) is 16.7. The molecule has 1 amide bonds. The van der Waals surface area contributed by atoms with Crippen LogP contribution in [0.3, 0.4) is 0 Å². The van der Waals surface area contributed by atoms with Gasteiger partial charge in [-0.2, -0.15) is 0 Å². The van der Waals surface area contributed by atoms with Crippen LogP contribution in [0.15, 0.2) is 24.3 Å². The summed E-state index contributed by atoms with van der Waals surface area (Å²) in [4.78, 5) is 16.9. The molecule has 3 unspecified atom stereocenters. The molecule has 3 atom stereocenters.